The van der Waals surface area contributed by atoms with Crippen molar-refractivity contribution in [3.05, 3.63) is 35.0 Å². The highest BCUT2D eigenvalue weighted by atomic mass is 32.1. The number of anilines is 3. The predicted molar refractivity (Wildman–Crippen MR) is 130 cm³/mol. The lowest BCUT2D eigenvalue weighted by molar-refractivity contribution is -0.119. The van der Waals surface area contributed by atoms with Gasteiger partial charge in [0.1, 0.15) is 17.0 Å². The fourth-order valence-electron chi connectivity index (χ4n) is 3.59. The average Bonchev–Trinajstić information content (AvgIpc) is 3.09. The number of carbonyl (C=O) groups excluding carboxylic acids is 1. The Bertz CT molecular complexity index is 1060. The van der Waals surface area contributed by atoms with Crippen molar-refractivity contribution in [2.75, 3.05) is 24.6 Å². The lowest BCUT2D eigenvalue weighted by Crippen LogP contribution is -2.35. The summed E-state index contributed by atoms with van der Waals surface area (Å²) in [4.78, 5) is 23.6. The highest BCUT2D eigenvalue weighted by Gasteiger charge is 2.20. The molecule has 2 heterocycles. The maximum absolute atomic E-state index is 10.00. The Morgan fingerprint density at radius 3 is 2.71 bits per heavy atom. The number of benzene rings is 1. The Balaban J connectivity index is 0.000000259. The van der Waals surface area contributed by atoms with Gasteiger partial charge >= 0.3 is 0 Å². The lowest BCUT2D eigenvalue weighted by Gasteiger charge is -2.21. The van der Waals surface area contributed by atoms with E-state index in [1.54, 1.807) is 38.6 Å². The molecule has 0 radical (unpaired) electrons. The normalized spacial score (nSPS) is 13.2. The van der Waals surface area contributed by atoms with Crippen LogP contribution >= 0.6 is 24.0 Å². The van der Waals surface area contributed by atoms with Crippen LogP contribution in [0, 0.1) is 0 Å². The molecule has 1 aromatic carbocycles. The molecular weight excluding hydrogens is 430 g/mol. The van der Waals surface area contributed by atoms with E-state index in [0.717, 1.165) is 27.7 Å². The summed E-state index contributed by atoms with van der Waals surface area (Å²) >= 11 is 6.18. The summed E-state index contributed by atoms with van der Waals surface area (Å²) < 4.78 is 0. The summed E-state index contributed by atoms with van der Waals surface area (Å²) in [6.07, 6.45) is 7.13. The zero-order chi connectivity index (χ0) is 22.6. The number of amides is 1. The minimum Gasteiger partial charge on any atom is -0.398 e. The Morgan fingerprint density at radius 2 is 2.06 bits per heavy atom. The number of aryl methyl sites for hydroxylation is 2. The summed E-state index contributed by atoms with van der Waals surface area (Å²) in [7, 11) is 1.63. The lowest BCUT2D eigenvalue weighted by atomic mass is 9.97. The number of nitrogen functional groups attached to an aromatic ring is 1. The summed E-state index contributed by atoms with van der Waals surface area (Å²) in [6.45, 7) is 3.69. The van der Waals surface area contributed by atoms with Crippen LogP contribution in [0.15, 0.2) is 29.4 Å². The summed E-state index contributed by atoms with van der Waals surface area (Å²) in [5.41, 5.74) is 8.08. The molecule has 1 aliphatic rings. The van der Waals surface area contributed by atoms with Gasteiger partial charge in [-0.15, -0.1) is 24.0 Å². The monoisotopic (exact) mass is 459 g/mol. The van der Waals surface area contributed by atoms with Gasteiger partial charge in [-0.3, -0.25) is 4.79 Å². The largest absolute Gasteiger partial charge is 0.398 e. The van der Waals surface area contributed by atoms with E-state index in [9.17, 15) is 4.79 Å². The number of rotatable bonds is 5. The van der Waals surface area contributed by atoms with E-state index < -0.39 is 5.60 Å². The second kappa shape index (κ2) is 9.84. The van der Waals surface area contributed by atoms with E-state index in [-0.39, 0.29) is 0 Å². The quantitative estimate of drug-likeness (QED) is 0.261. The Labute approximate surface area is 192 Å². The van der Waals surface area contributed by atoms with Crippen LogP contribution < -0.4 is 11.1 Å². The number of nitrogens with one attached hydrogen (secondary N) is 1. The number of aliphatic hydroxyl groups is 1. The predicted octanol–water partition coefficient (Wildman–Crippen LogP) is 4.03. The molecule has 31 heavy (non-hydrogen) atoms. The zero-order valence-electron chi connectivity index (χ0n) is 18.1. The number of nitrogens with zero attached hydrogens (tertiary/aromatic N) is 3. The summed E-state index contributed by atoms with van der Waals surface area (Å²) in [5, 5.41) is 13.7. The molecule has 3 aromatic rings. The summed E-state index contributed by atoms with van der Waals surface area (Å²) in [6, 6.07) is 5.72. The van der Waals surface area contributed by atoms with Crippen LogP contribution in [0.3, 0.4) is 0 Å². The average molecular weight is 460 g/mol. The van der Waals surface area contributed by atoms with Crippen LogP contribution in [0.2, 0.25) is 0 Å². The molecule has 4 rings (SSSR count). The van der Waals surface area contributed by atoms with Crippen molar-refractivity contribution < 1.29 is 9.90 Å². The van der Waals surface area contributed by atoms with Gasteiger partial charge in [-0.1, -0.05) is 0 Å². The fraction of sp³-hybridized carbons (Fsp3) is 0.409. The maximum Gasteiger partial charge on any atom is 0.209 e. The second-order valence-corrected chi connectivity index (χ2v) is 9.91. The van der Waals surface area contributed by atoms with E-state index in [1.165, 1.54) is 40.0 Å². The first-order valence-corrected chi connectivity index (χ1v) is 11.4. The van der Waals surface area contributed by atoms with Gasteiger partial charge in [0.25, 0.3) is 0 Å². The molecule has 0 aliphatic heterocycles. The number of hydrogen-bond acceptors (Lipinski definition) is 8. The standard InChI is InChI=1S/C16H16N4S2.C6H13NO2/c17-11-6-5-9(7-12(11)21)20-15-14-10-3-1-2-4-13(10)22-16(14)19-8-18-15;1-6(2,9)4-7(3)5-8/h5-8,21H,1-4,17H2,(H,18,19,20);5,9H,4H2,1-3H3. The molecule has 0 unspecified atom stereocenters. The molecule has 7 nitrogen and oxygen atoms in total. The van der Waals surface area contributed by atoms with Crippen LogP contribution in [0.5, 0.6) is 0 Å². The highest BCUT2D eigenvalue weighted by molar-refractivity contribution is 7.80. The minimum absolute atomic E-state index is 0.372. The van der Waals surface area contributed by atoms with E-state index in [4.69, 9.17) is 10.8 Å². The van der Waals surface area contributed by atoms with Gasteiger partial charge in [0, 0.05) is 34.7 Å². The molecule has 0 spiro atoms. The molecule has 1 amide bonds. The van der Waals surface area contributed by atoms with Gasteiger partial charge in [-0.2, -0.15) is 0 Å². The SMILES string of the molecule is CN(C=O)CC(C)(C)O.Nc1ccc(Nc2ncnc3sc4c(c23)CCCC4)cc1S. The third-order valence-electron chi connectivity index (χ3n) is 4.86. The Morgan fingerprint density at radius 1 is 1.32 bits per heavy atom. The van der Waals surface area contributed by atoms with Crippen molar-refractivity contribution in [1.29, 1.82) is 0 Å². The number of fused-ring (bicyclic) bond motifs is 3. The molecule has 166 valence electrons. The van der Waals surface area contributed by atoms with Crippen molar-refractivity contribution in [2.45, 2.75) is 50.0 Å². The van der Waals surface area contributed by atoms with Gasteiger partial charge in [-0.25, -0.2) is 9.97 Å². The van der Waals surface area contributed by atoms with Crippen molar-refractivity contribution in [1.82, 2.24) is 14.9 Å². The maximum atomic E-state index is 10.00. The van der Waals surface area contributed by atoms with Crippen molar-refractivity contribution in [3.8, 4) is 0 Å². The second-order valence-electron chi connectivity index (χ2n) is 8.34. The molecule has 0 bridgehead atoms. The molecule has 0 atom stereocenters. The van der Waals surface area contributed by atoms with Crippen LogP contribution in [0.4, 0.5) is 17.2 Å². The van der Waals surface area contributed by atoms with Crippen LogP contribution in [-0.2, 0) is 17.6 Å². The molecule has 0 saturated heterocycles. The van der Waals surface area contributed by atoms with Gasteiger partial charge < -0.3 is 21.1 Å². The van der Waals surface area contributed by atoms with E-state index in [0.29, 0.717) is 18.6 Å². The molecule has 4 N–H and O–H groups in total. The van der Waals surface area contributed by atoms with E-state index >= 15 is 0 Å². The van der Waals surface area contributed by atoms with Crippen molar-refractivity contribution >= 4 is 57.8 Å². The van der Waals surface area contributed by atoms with Crippen LogP contribution in [-0.4, -0.2) is 45.6 Å². The molecule has 0 fully saturated rings. The number of carbonyl (C=O) groups is 1. The van der Waals surface area contributed by atoms with Crippen molar-refractivity contribution in [2.24, 2.45) is 0 Å². The number of thiophene rings is 1. The minimum atomic E-state index is -0.782. The topological polar surface area (TPSA) is 104 Å². The third-order valence-corrected chi connectivity index (χ3v) is 6.45. The van der Waals surface area contributed by atoms with Gasteiger partial charge in [0.2, 0.25) is 6.41 Å². The number of nitrogens with two attached hydrogens (primary N) is 1. The zero-order valence-corrected chi connectivity index (χ0v) is 19.8. The first-order valence-electron chi connectivity index (χ1n) is 10.2. The van der Waals surface area contributed by atoms with Crippen molar-refractivity contribution in [3.63, 3.8) is 0 Å². The fourth-order valence-corrected chi connectivity index (χ4v) is 5.03. The Kier molecular flexibility index (Phi) is 7.40. The third kappa shape index (κ3) is 6.09. The van der Waals surface area contributed by atoms with Crippen LogP contribution in [0.1, 0.15) is 37.1 Å². The molecule has 9 heteroatoms. The van der Waals surface area contributed by atoms with Gasteiger partial charge in [0.05, 0.1) is 11.0 Å². The van der Waals surface area contributed by atoms with Gasteiger partial charge in [-0.05, 0) is 63.3 Å². The number of thiol groups is 1. The molecule has 2 aromatic heterocycles. The summed E-state index contributed by atoms with van der Waals surface area (Å²) in [5.74, 6) is 0.877. The smallest absolute Gasteiger partial charge is 0.209 e. The number of hydrogen-bond donors (Lipinski definition) is 4. The molecule has 0 saturated carbocycles. The van der Waals surface area contributed by atoms with Gasteiger partial charge in [0.15, 0.2) is 0 Å². The number of likely N-dealkylation sites (N-methyl/N-ethyl adjacent to an activating group) is 1. The van der Waals surface area contributed by atoms with Crippen LogP contribution in [0.25, 0.3) is 10.2 Å². The highest BCUT2D eigenvalue weighted by Crippen LogP contribution is 2.39. The first kappa shape index (κ1) is 23.3. The van der Waals surface area contributed by atoms with E-state index in [2.05, 4.69) is 27.9 Å². The number of aromatic nitrogens is 2. The van der Waals surface area contributed by atoms with E-state index in [1.807, 2.05) is 18.2 Å². The first-order chi connectivity index (χ1) is 14.7. The molecule has 1 aliphatic carbocycles. The Hall–Kier alpha value is -2.36. The molecular formula is C22H29N5O2S2.